The zero-order valence-electron chi connectivity index (χ0n) is 11.7. The van der Waals surface area contributed by atoms with Crippen LogP contribution in [-0.4, -0.2) is 41.6 Å². The Morgan fingerprint density at radius 3 is 2.43 bits per heavy atom. The molecule has 1 N–H and O–H groups in total. The lowest BCUT2D eigenvalue weighted by Crippen LogP contribution is -2.35. The van der Waals surface area contributed by atoms with Crippen LogP contribution in [0.15, 0.2) is 18.2 Å². The Hall–Kier alpha value is -2.11. The minimum Gasteiger partial charge on any atom is -0.481 e. The fourth-order valence-corrected chi connectivity index (χ4v) is 2.30. The summed E-state index contributed by atoms with van der Waals surface area (Å²) in [5.74, 6) is -2.26. The maximum atomic E-state index is 13.7. The lowest BCUT2D eigenvalue weighted by atomic mass is 10.2. The number of hydrogen-bond acceptors (Lipinski definition) is 3. The summed E-state index contributed by atoms with van der Waals surface area (Å²) >= 11 is 0. The fourth-order valence-electron chi connectivity index (χ4n) is 2.30. The molecule has 1 amide bonds. The van der Waals surface area contributed by atoms with Crippen LogP contribution in [0.25, 0.3) is 0 Å². The molecule has 0 aliphatic carbocycles. The third-order valence-electron chi connectivity index (χ3n) is 3.49. The summed E-state index contributed by atoms with van der Waals surface area (Å²) in [7, 11) is 0. The minimum atomic E-state index is -1.21. The number of halogens is 1. The molecule has 21 heavy (non-hydrogen) atoms. The Morgan fingerprint density at radius 2 is 1.86 bits per heavy atom. The highest BCUT2D eigenvalue weighted by Gasteiger charge is 2.17. The van der Waals surface area contributed by atoms with Gasteiger partial charge in [-0.25, -0.2) is 9.18 Å². The molecule has 0 spiro atoms. The Balaban J connectivity index is 1.93. The Labute approximate surface area is 122 Å². The molecule has 5 nitrogen and oxygen atoms in total. The standard InChI is InChI=1S/C15H18FNO4/c16-12-9-11(15(19)20)5-6-13(12)21-10-14(18)17-7-3-1-2-4-8-17/h5-6,9H,1-4,7-8,10H2,(H,19,20). The monoisotopic (exact) mass is 295 g/mol. The van der Waals surface area contributed by atoms with Crippen LogP contribution >= 0.6 is 0 Å². The van der Waals surface area contributed by atoms with Gasteiger partial charge in [-0.2, -0.15) is 0 Å². The van der Waals surface area contributed by atoms with Gasteiger partial charge in [-0.3, -0.25) is 4.79 Å². The van der Waals surface area contributed by atoms with Crippen LogP contribution in [-0.2, 0) is 4.79 Å². The lowest BCUT2D eigenvalue weighted by Gasteiger charge is -2.20. The second-order valence-electron chi connectivity index (χ2n) is 5.03. The van der Waals surface area contributed by atoms with Crippen molar-refractivity contribution >= 4 is 11.9 Å². The molecule has 1 aromatic carbocycles. The minimum absolute atomic E-state index is 0.108. The predicted molar refractivity (Wildman–Crippen MR) is 73.9 cm³/mol. The van der Waals surface area contributed by atoms with E-state index in [1.165, 1.54) is 12.1 Å². The van der Waals surface area contributed by atoms with E-state index in [0.717, 1.165) is 31.7 Å². The van der Waals surface area contributed by atoms with Crippen molar-refractivity contribution in [2.24, 2.45) is 0 Å². The van der Waals surface area contributed by atoms with E-state index in [1.807, 2.05) is 0 Å². The van der Waals surface area contributed by atoms with E-state index in [1.54, 1.807) is 4.90 Å². The van der Waals surface area contributed by atoms with Gasteiger partial charge in [-0.15, -0.1) is 0 Å². The SMILES string of the molecule is O=C(O)c1ccc(OCC(=O)N2CCCCCC2)c(F)c1. The highest BCUT2D eigenvalue weighted by Crippen LogP contribution is 2.19. The molecule has 1 aliphatic heterocycles. The quantitative estimate of drug-likeness (QED) is 0.925. The number of carboxylic acids is 1. The van der Waals surface area contributed by atoms with Crippen LogP contribution in [0.4, 0.5) is 4.39 Å². The first-order valence-electron chi connectivity index (χ1n) is 7.01. The normalized spacial score (nSPS) is 15.4. The molecule has 6 heteroatoms. The molecule has 2 rings (SSSR count). The van der Waals surface area contributed by atoms with Gasteiger partial charge in [-0.05, 0) is 31.0 Å². The van der Waals surface area contributed by atoms with Crippen molar-refractivity contribution in [2.75, 3.05) is 19.7 Å². The van der Waals surface area contributed by atoms with Crippen LogP contribution in [0.2, 0.25) is 0 Å². The van der Waals surface area contributed by atoms with Crippen LogP contribution in [0.1, 0.15) is 36.0 Å². The smallest absolute Gasteiger partial charge is 0.335 e. The van der Waals surface area contributed by atoms with Gasteiger partial charge < -0.3 is 14.7 Å². The number of aromatic carboxylic acids is 1. The van der Waals surface area contributed by atoms with E-state index < -0.39 is 11.8 Å². The average molecular weight is 295 g/mol. The van der Waals surface area contributed by atoms with Crippen molar-refractivity contribution < 1.29 is 23.8 Å². The maximum absolute atomic E-state index is 13.7. The van der Waals surface area contributed by atoms with Crippen LogP contribution in [0.3, 0.4) is 0 Å². The second kappa shape index (κ2) is 7.06. The van der Waals surface area contributed by atoms with E-state index in [2.05, 4.69) is 0 Å². The number of hydrogen-bond donors (Lipinski definition) is 1. The summed E-state index contributed by atoms with van der Waals surface area (Å²) < 4.78 is 18.8. The zero-order valence-corrected chi connectivity index (χ0v) is 11.7. The van der Waals surface area contributed by atoms with E-state index in [4.69, 9.17) is 9.84 Å². The molecular weight excluding hydrogens is 277 g/mol. The summed E-state index contributed by atoms with van der Waals surface area (Å²) in [6.45, 7) is 1.19. The molecule has 0 saturated carbocycles. The zero-order chi connectivity index (χ0) is 15.2. The van der Waals surface area contributed by atoms with Crippen molar-refractivity contribution in [1.82, 2.24) is 4.90 Å². The topological polar surface area (TPSA) is 66.8 Å². The molecule has 0 bridgehead atoms. The number of rotatable bonds is 4. The van der Waals surface area contributed by atoms with Crippen molar-refractivity contribution in [3.63, 3.8) is 0 Å². The van der Waals surface area contributed by atoms with Gasteiger partial charge in [0.1, 0.15) is 0 Å². The summed E-state index contributed by atoms with van der Waals surface area (Å²) in [4.78, 5) is 24.4. The number of benzene rings is 1. The molecule has 1 heterocycles. The van der Waals surface area contributed by atoms with Crippen molar-refractivity contribution in [1.29, 1.82) is 0 Å². The fraction of sp³-hybridized carbons (Fsp3) is 0.467. The van der Waals surface area contributed by atoms with E-state index in [9.17, 15) is 14.0 Å². The second-order valence-corrected chi connectivity index (χ2v) is 5.03. The number of amides is 1. The number of likely N-dealkylation sites (tertiary alicyclic amines) is 1. The highest BCUT2D eigenvalue weighted by atomic mass is 19.1. The van der Waals surface area contributed by atoms with E-state index in [-0.39, 0.29) is 23.8 Å². The summed E-state index contributed by atoms with van der Waals surface area (Å²) in [6, 6.07) is 3.36. The van der Waals surface area contributed by atoms with Crippen molar-refractivity contribution in [2.45, 2.75) is 25.7 Å². The molecular formula is C15H18FNO4. The van der Waals surface area contributed by atoms with Crippen molar-refractivity contribution in [3.05, 3.63) is 29.6 Å². The van der Waals surface area contributed by atoms with Gasteiger partial charge in [0.2, 0.25) is 0 Å². The van der Waals surface area contributed by atoms with Gasteiger partial charge in [-0.1, -0.05) is 12.8 Å². The Kier molecular flexibility index (Phi) is 5.14. The van der Waals surface area contributed by atoms with Gasteiger partial charge in [0.25, 0.3) is 5.91 Å². The number of ether oxygens (including phenoxy) is 1. The number of carboxylic acid groups (broad SMARTS) is 1. The van der Waals surface area contributed by atoms with Crippen molar-refractivity contribution in [3.8, 4) is 5.75 Å². The third-order valence-corrected chi connectivity index (χ3v) is 3.49. The first-order valence-corrected chi connectivity index (χ1v) is 7.01. The number of carbonyl (C=O) groups excluding carboxylic acids is 1. The predicted octanol–water partition coefficient (Wildman–Crippen LogP) is 2.31. The van der Waals surface area contributed by atoms with Gasteiger partial charge in [0, 0.05) is 13.1 Å². The van der Waals surface area contributed by atoms with E-state index in [0.29, 0.717) is 13.1 Å². The lowest BCUT2D eigenvalue weighted by molar-refractivity contribution is -0.133. The molecule has 1 aliphatic rings. The maximum Gasteiger partial charge on any atom is 0.335 e. The van der Waals surface area contributed by atoms with Gasteiger partial charge in [0.15, 0.2) is 18.2 Å². The molecule has 0 unspecified atom stereocenters. The third kappa shape index (κ3) is 4.18. The summed E-state index contributed by atoms with van der Waals surface area (Å²) in [5, 5.41) is 8.75. The first kappa shape index (κ1) is 15.3. The summed E-state index contributed by atoms with van der Waals surface area (Å²) in [6.07, 6.45) is 4.20. The molecule has 1 aromatic rings. The van der Waals surface area contributed by atoms with Crippen LogP contribution in [0, 0.1) is 5.82 Å². The summed E-state index contributed by atoms with van der Waals surface area (Å²) in [5.41, 5.74) is -0.154. The molecule has 0 atom stereocenters. The number of nitrogens with zero attached hydrogens (tertiary/aromatic N) is 1. The first-order chi connectivity index (χ1) is 10.1. The molecule has 0 aromatic heterocycles. The molecule has 114 valence electrons. The van der Waals surface area contributed by atoms with E-state index >= 15 is 0 Å². The number of carbonyl (C=O) groups is 2. The van der Waals surface area contributed by atoms with Crippen LogP contribution < -0.4 is 4.74 Å². The average Bonchev–Trinajstić information content (AvgIpc) is 2.74. The molecule has 1 saturated heterocycles. The largest absolute Gasteiger partial charge is 0.481 e. The van der Waals surface area contributed by atoms with Crippen LogP contribution in [0.5, 0.6) is 5.75 Å². The van der Waals surface area contributed by atoms with Gasteiger partial charge in [0.05, 0.1) is 5.56 Å². The molecule has 1 fully saturated rings. The van der Waals surface area contributed by atoms with Gasteiger partial charge >= 0.3 is 5.97 Å². The molecule has 0 radical (unpaired) electrons. The Bertz CT molecular complexity index is 524. The Morgan fingerprint density at radius 1 is 1.19 bits per heavy atom. The highest BCUT2D eigenvalue weighted by molar-refractivity contribution is 5.87.